The van der Waals surface area contributed by atoms with Gasteiger partial charge in [0, 0.05) is 24.0 Å². The molecule has 1 atom stereocenters. The molecule has 1 aliphatic heterocycles. The van der Waals surface area contributed by atoms with Crippen molar-refractivity contribution in [2.45, 2.75) is 25.3 Å². The summed E-state index contributed by atoms with van der Waals surface area (Å²) >= 11 is 6.02. The smallest absolute Gasteiger partial charge is 0.323 e. The van der Waals surface area contributed by atoms with Crippen LogP contribution in [0.4, 0.5) is 5.69 Å². The zero-order valence-electron chi connectivity index (χ0n) is 13.8. The largest absolute Gasteiger partial charge is 0.495 e. The Morgan fingerprint density at radius 1 is 1.40 bits per heavy atom. The lowest BCUT2D eigenvalue weighted by molar-refractivity contribution is -0.146. The third-order valence-corrected chi connectivity index (χ3v) is 4.72. The monoisotopic (exact) mass is 366 g/mol. The van der Waals surface area contributed by atoms with E-state index in [1.807, 2.05) is 0 Å². The van der Waals surface area contributed by atoms with Gasteiger partial charge in [-0.05, 0) is 31.0 Å². The van der Waals surface area contributed by atoms with E-state index in [1.54, 1.807) is 18.2 Å². The number of nitrogens with zero attached hydrogens (tertiary/aromatic N) is 2. The highest BCUT2D eigenvalue weighted by Gasteiger charge is 2.42. The highest BCUT2D eigenvalue weighted by molar-refractivity contribution is 6.31. The van der Waals surface area contributed by atoms with Crippen LogP contribution in [-0.2, 0) is 14.4 Å². The predicted octanol–water partition coefficient (Wildman–Crippen LogP) is 1.78. The number of carboxylic acids is 1. The molecule has 7 nitrogen and oxygen atoms in total. The van der Waals surface area contributed by atoms with Gasteiger partial charge in [0.1, 0.15) is 12.3 Å². The second-order valence-electron chi connectivity index (χ2n) is 6.31. The van der Waals surface area contributed by atoms with Gasteiger partial charge < -0.3 is 19.6 Å². The topological polar surface area (TPSA) is 87.2 Å². The lowest BCUT2D eigenvalue weighted by Gasteiger charge is -2.24. The van der Waals surface area contributed by atoms with Crippen LogP contribution in [0.15, 0.2) is 18.2 Å². The van der Waals surface area contributed by atoms with Gasteiger partial charge in [-0.2, -0.15) is 0 Å². The Morgan fingerprint density at radius 3 is 2.72 bits per heavy atom. The van der Waals surface area contributed by atoms with Crippen molar-refractivity contribution in [2.24, 2.45) is 5.92 Å². The first kappa shape index (κ1) is 17.5. The van der Waals surface area contributed by atoms with E-state index < -0.39 is 11.9 Å². The molecule has 1 heterocycles. The maximum Gasteiger partial charge on any atom is 0.323 e. The Morgan fingerprint density at radius 2 is 2.12 bits per heavy atom. The fraction of sp³-hybridized carbons (Fsp3) is 0.471. The number of anilines is 1. The van der Waals surface area contributed by atoms with E-state index in [0.717, 1.165) is 12.8 Å². The van der Waals surface area contributed by atoms with Crippen molar-refractivity contribution in [3.8, 4) is 5.75 Å². The quantitative estimate of drug-likeness (QED) is 0.829. The van der Waals surface area contributed by atoms with Crippen LogP contribution in [0, 0.1) is 5.92 Å². The summed E-state index contributed by atoms with van der Waals surface area (Å²) in [5, 5.41) is 9.49. The van der Waals surface area contributed by atoms with Gasteiger partial charge in [0.25, 0.3) is 0 Å². The maximum atomic E-state index is 12.7. The molecule has 0 bridgehead atoms. The van der Waals surface area contributed by atoms with Gasteiger partial charge in [-0.1, -0.05) is 11.6 Å². The minimum Gasteiger partial charge on any atom is -0.495 e. The molecule has 1 N–H and O–H groups in total. The van der Waals surface area contributed by atoms with Crippen LogP contribution in [-0.4, -0.2) is 54.0 Å². The number of halogens is 1. The lowest BCUT2D eigenvalue weighted by Crippen LogP contribution is -2.42. The molecular formula is C17H19ClN2O5. The molecule has 1 aromatic carbocycles. The first-order valence-corrected chi connectivity index (χ1v) is 8.44. The summed E-state index contributed by atoms with van der Waals surface area (Å²) in [5.41, 5.74) is 0.520. The summed E-state index contributed by atoms with van der Waals surface area (Å²) in [6, 6.07) is 4.94. The Labute approximate surface area is 150 Å². The lowest BCUT2D eigenvalue weighted by atomic mass is 10.1. The third kappa shape index (κ3) is 3.71. The molecule has 0 radical (unpaired) electrons. The molecule has 1 unspecified atom stereocenters. The Hall–Kier alpha value is -2.28. The first-order valence-electron chi connectivity index (χ1n) is 8.07. The average Bonchev–Trinajstić information content (AvgIpc) is 3.33. The molecule has 0 aromatic heterocycles. The van der Waals surface area contributed by atoms with E-state index >= 15 is 0 Å². The highest BCUT2D eigenvalue weighted by Crippen LogP contribution is 2.36. The number of carbonyl (C=O) groups is 3. The number of ether oxygens (including phenoxy) is 1. The van der Waals surface area contributed by atoms with Gasteiger partial charge >= 0.3 is 5.97 Å². The molecule has 1 aromatic rings. The van der Waals surface area contributed by atoms with E-state index in [4.69, 9.17) is 21.4 Å². The number of methoxy groups -OCH3 is 1. The van der Waals surface area contributed by atoms with Gasteiger partial charge in [0.2, 0.25) is 11.8 Å². The summed E-state index contributed by atoms with van der Waals surface area (Å²) in [6.07, 6.45) is 1.67. The molecule has 8 heteroatoms. The SMILES string of the molecule is COc1ccc(Cl)cc1N1CC(C(=O)N(CC(=O)O)C2CC2)CC1=O. The van der Waals surface area contributed by atoms with Crippen molar-refractivity contribution in [1.29, 1.82) is 0 Å². The number of aliphatic carboxylic acids is 1. The van der Waals surface area contributed by atoms with Crippen molar-refractivity contribution in [3.63, 3.8) is 0 Å². The van der Waals surface area contributed by atoms with Crippen LogP contribution >= 0.6 is 11.6 Å². The number of hydrogen-bond donors (Lipinski definition) is 1. The van der Waals surface area contributed by atoms with Crippen LogP contribution < -0.4 is 9.64 Å². The summed E-state index contributed by atoms with van der Waals surface area (Å²) in [4.78, 5) is 39.1. The summed E-state index contributed by atoms with van der Waals surface area (Å²) < 4.78 is 5.28. The van der Waals surface area contributed by atoms with Crippen LogP contribution in [0.3, 0.4) is 0 Å². The van der Waals surface area contributed by atoms with Crippen LogP contribution in [0.2, 0.25) is 5.02 Å². The van der Waals surface area contributed by atoms with E-state index in [-0.39, 0.29) is 37.4 Å². The van der Waals surface area contributed by atoms with E-state index in [0.29, 0.717) is 16.5 Å². The van der Waals surface area contributed by atoms with E-state index in [1.165, 1.54) is 16.9 Å². The number of benzene rings is 1. The van der Waals surface area contributed by atoms with Crippen LogP contribution in [0.1, 0.15) is 19.3 Å². The molecule has 25 heavy (non-hydrogen) atoms. The zero-order chi connectivity index (χ0) is 18.1. The average molecular weight is 367 g/mol. The van der Waals surface area contributed by atoms with Gasteiger partial charge in [0.15, 0.2) is 0 Å². The number of hydrogen-bond acceptors (Lipinski definition) is 4. The van der Waals surface area contributed by atoms with Gasteiger partial charge in [-0.15, -0.1) is 0 Å². The molecule has 0 spiro atoms. The minimum absolute atomic E-state index is 0.0199. The first-order chi connectivity index (χ1) is 11.9. The van der Waals surface area contributed by atoms with Crippen molar-refractivity contribution in [1.82, 2.24) is 4.90 Å². The molecule has 2 fully saturated rings. The predicted molar refractivity (Wildman–Crippen MR) is 90.8 cm³/mol. The standard InChI is InChI=1S/C17H19ClN2O5/c1-25-14-5-2-11(18)7-13(14)20-8-10(6-15(20)21)17(24)19(9-16(22)23)12-3-4-12/h2,5,7,10,12H,3-4,6,8-9H2,1H3,(H,22,23). The maximum absolute atomic E-state index is 12.7. The fourth-order valence-corrected chi connectivity index (χ4v) is 3.30. The van der Waals surface area contributed by atoms with E-state index in [9.17, 15) is 14.4 Å². The Balaban J connectivity index is 1.79. The van der Waals surface area contributed by atoms with Crippen LogP contribution in [0.5, 0.6) is 5.75 Å². The summed E-state index contributed by atoms with van der Waals surface area (Å²) in [7, 11) is 1.50. The molecule has 1 aliphatic carbocycles. The summed E-state index contributed by atoms with van der Waals surface area (Å²) in [6.45, 7) is -0.133. The van der Waals surface area contributed by atoms with Crippen molar-refractivity contribution >= 4 is 35.1 Å². The van der Waals surface area contributed by atoms with Gasteiger partial charge in [0.05, 0.1) is 18.7 Å². The number of carbonyl (C=O) groups excluding carboxylic acids is 2. The molecule has 1 saturated carbocycles. The summed E-state index contributed by atoms with van der Waals surface area (Å²) in [5.74, 6) is -1.59. The number of carboxylic acid groups (broad SMARTS) is 1. The van der Waals surface area contributed by atoms with Crippen molar-refractivity contribution in [2.75, 3.05) is 25.1 Å². The van der Waals surface area contributed by atoms with Crippen LogP contribution in [0.25, 0.3) is 0 Å². The van der Waals surface area contributed by atoms with E-state index in [2.05, 4.69) is 0 Å². The fourth-order valence-electron chi connectivity index (χ4n) is 3.13. The van der Waals surface area contributed by atoms with Crippen molar-refractivity contribution in [3.05, 3.63) is 23.2 Å². The Bertz CT molecular complexity index is 719. The van der Waals surface area contributed by atoms with Gasteiger partial charge in [-0.25, -0.2) is 0 Å². The highest BCUT2D eigenvalue weighted by atomic mass is 35.5. The molecule has 1 saturated heterocycles. The minimum atomic E-state index is -1.04. The molecular weight excluding hydrogens is 348 g/mol. The normalized spacial score (nSPS) is 19.8. The Kier molecular flexibility index (Phi) is 4.85. The van der Waals surface area contributed by atoms with Crippen molar-refractivity contribution < 1.29 is 24.2 Å². The van der Waals surface area contributed by atoms with Gasteiger partial charge in [-0.3, -0.25) is 14.4 Å². The second-order valence-corrected chi connectivity index (χ2v) is 6.75. The third-order valence-electron chi connectivity index (χ3n) is 4.48. The molecule has 3 rings (SSSR count). The second kappa shape index (κ2) is 6.92. The molecule has 134 valence electrons. The molecule has 2 aliphatic rings. The number of rotatable bonds is 6. The zero-order valence-corrected chi connectivity index (χ0v) is 14.5. The molecule has 2 amide bonds. The number of amides is 2.